The van der Waals surface area contributed by atoms with Crippen molar-refractivity contribution in [2.24, 2.45) is 5.92 Å². The zero-order valence-electron chi connectivity index (χ0n) is 9.97. The quantitative estimate of drug-likeness (QED) is 0.528. The minimum absolute atomic E-state index is 0.904. The van der Waals surface area contributed by atoms with Gasteiger partial charge in [0.2, 0.25) is 0 Å². The van der Waals surface area contributed by atoms with Gasteiger partial charge in [-0.3, -0.25) is 0 Å². The highest BCUT2D eigenvalue weighted by molar-refractivity contribution is 4.83. The van der Waals surface area contributed by atoms with Crippen LogP contribution in [0, 0.1) is 18.3 Å². The summed E-state index contributed by atoms with van der Waals surface area (Å²) in [5.41, 5.74) is 0. The van der Waals surface area contributed by atoms with Crippen LogP contribution in [-0.2, 0) is 0 Å². The van der Waals surface area contributed by atoms with Gasteiger partial charge in [0, 0.05) is 6.42 Å². The summed E-state index contributed by atoms with van der Waals surface area (Å²) in [5.74, 6) is 3.61. The zero-order valence-corrected chi connectivity index (χ0v) is 9.97. The molecule has 0 radical (unpaired) electrons. The molecule has 1 saturated heterocycles. The largest absolute Gasteiger partial charge is 0.317 e. The standard InChI is InChI=1S/C13H24N2/c1-3-4-5-9-14-10-6-13-7-11-15(2)12-8-13/h1,13-14H,4-12H2,2H3. The number of piperidine rings is 1. The molecule has 15 heavy (non-hydrogen) atoms. The molecule has 0 saturated carbocycles. The van der Waals surface area contributed by atoms with Crippen LogP contribution >= 0.6 is 0 Å². The predicted molar refractivity (Wildman–Crippen MR) is 65.8 cm³/mol. The first kappa shape index (κ1) is 12.5. The second kappa shape index (κ2) is 7.73. The van der Waals surface area contributed by atoms with Crippen LogP contribution in [0.15, 0.2) is 0 Å². The minimum Gasteiger partial charge on any atom is -0.317 e. The third-order valence-electron chi connectivity index (χ3n) is 3.24. The maximum Gasteiger partial charge on any atom is 0.00981 e. The van der Waals surface area contributed by atoms with E-state index in [9.17, 15) is 0 Å². The third kappa shape index (κ3) is 5.81. The van der Waals surface area contributed by atoms with E-state index < -0.39 is 0 Å². The summed E-state index contributed by atoms with van der Waals surface area (Å²) in [7, 11) is 2.22. The fourth-order valence-corrected chi connectivity index (χ4v) is 2.10. The van der Waals surface area contributed by atoms with Crippen LogP contribution in [0.4, 0.5) is 0 Å². The summed E-state index contributed by atoms with van der Waals surface area (Å²) in [4.78, 5) is 2.43. The van der Waals surface area contributed by atoms with E-state index in [-0.39, 0.29) is 0 Å². The van der Waals surface area contributed by atoms with Gasteiger partial charge in [0.05, 0.1) is 0 Å². The molecule has 0 aromatic carbocycles. The van der Waals surface area contributed by atoms with Gasteiger partial charge in [-0.2, -0.15) is 0 Å². The lowest BCUT2D eigenvalue weighted by molar-refractivity contribution is 0.211. The highest BCUT2D eigenvalue weighted by Gasteiger charge is 2.15. The Kier molecular flexibility index (Phi) is 6.47. The number of nitrogens with one attached hydrogen (secondary N) is 1. The number of nitrogens with zero attached hydrogens (tertiary/aromatic N) is 1. The number of rotatable bonds is 6. The van der Waals surface area contributed by atoms with Gasteiger partial charge in [-0.15, -0.1) is 12.3 Å². The molecule has 2 heteroatoms. The van der Waals surface area contributed by atoms with Gasteiger partial charge in [0.15, 0.2) is 0 Å². The maximum atomic E-state index is 5.19. The van der Waals surface area contributed by atoms with Crippen LogP contribution in [0.3, 0.4) is 0 Å². The first-order valence-corrected chi connectivity index (χ1v) is 6.15. The van der Waals surface area contributed by atoms with Gasteiger partial charge in [-0.25, -0.2) is 0 Å². The van der Waals surface area contributed by atoms with Crippen molar-refractivity contribution in [1.82, 2.24) is 10.2 Å². The number of likely N-dealkylation sites (tertiary alicyclic amines) is 1. The first-order valence-electron chi connectivity index (χ1n) is 6.15. The summed E-state index contributed by atoms with van der Waals surface area (Å²) >= 11 is 0. The monoisotopic (exact) mass is 208 g/mol. The molecular formula is C13H24N2. The Balaban J connectivity index is 1.90. The Morgan fingerprint density at radius 3 is 2.73 bits per heavy atom. The summed E-state index contributed by atoms with van der Waals surface area (Å²) in [6, 6.07) is 0. The molecule has 0 atom stereocenters. The molecule has 0 aromatic heterocycles. The van der Waals surface area contributed by atoms with E-state index in [1.807, 2.05) is 0 Å². The molecule has 0 spiro atoms. The Labute approximate surface area is 94.4 Å². The van der Waals surface area contributed by atoms with Crippen molar-refractivity contribution in [3.05, 3.63) is 0 Å². The number of unbranched alkanes of at least 4 members (excludes halogenated alkanes) is 1. The van der Waals surface area contributed by atoms with Crippen molar-refractivity contribution in [3.63, 3.8) is 0 Å². The SMILES string of the molecule is C#CCCCNCCC1CCN(C)CC1. The van der Waals surface area contributed by atoms with Gasteiger partial charge < -0.3 is 10.2 Å². The normalized spacial score (nSPS) is 18.9. The lowest BCUT2D eigenvalue weighted by Gasteiger charge is -2.28. The van der Waals surface area contributed by atoms with Crippen molar-refractivity contribution in [2.75, 3.05) is 33.2 Å². The zero-order chi connectivity index (χ0) is 10.9. The smallest absolute Gasteiger partial charge is 0.00981 e. The molecule has 0 bridgehead atoms. The molecule has 0 aliphatic carbocycles. The molecule has 1 heterocycles. The molecule has 0 aromatic rings. The fourth-order valence-electron chi connectivity index (χ4n) is 2.10. The van der Waals surface area contributed by atoms with Gasteiger partial charge in [-0.1, -0.05) is 0 Å². The van der Waals surface area contributed by atoms with E-state index in [2.05, 4.69) is 23.2 Å². The molecule has 1 rings (SSSR count). The van der Waals surface area contributed by atoms with Crippen LogP contribution < -0.4 is 5.32 Å². The fraction of sp³-hybridized carbons (Fsp3) is 0.846. The van der Waals surface area contributed by atoms with Crippen molar-refractivity contribution in [1.29, 1.82) is 0 Å². The Bertz CT molecular complexity index is 187. The second-order valence-electron chi connectivity index (χ2n) is 4.59. The number of terminal acetylenes is 1. The average molecular weight is 208 g/mol. The molecule has 1 aliphatic heterocycles. The molecule has 2 nitrogen and oxygen atoms in total. The summed E-state index contributed by atoms with van der Waals surface area (Å²) in [6.07, 6.45) is 11.3. The van der Waals surface area contributed by atoms with Gasteiger partial charge in [-0.05, 0) is 64.8 Å². The Morgan fingerprint density at radius 2 is 2.07 bits per heavy atom. The predicted octanol–water partition coefficient (Wildman–Crippen LogP) is 1.72. The van der Waals surface area contributed by atoms with E-state index in [0.29, 0.717) is 0 Å². The lowest BCUT2D eigenvalue weighted by atomic mass is 9.94. The van der Waals surface area contributed by atoms with Crippen LogP contribution in [0.25, 0.3) is 0 Å². The van der Waals surface area contributed by atoms with E-state index in [1.165, 1.54) is 38.9 Å². The highest BCUT2D eigenvalue weighted by atomic mass is 15.1. The second-order valence-corrected chi connectivity index (χ2v) is 4.59. The van der Waals surface area contributed by atoms with Crippen molar-refractivity contribution < 1.29 is 0 Å². The lowest BCUT2D eigenvalue weighted by Crippen LogP contribution is -2.31. The average Bonchev–Trinajstić information content (AvgIpc) is 2.26. The van der Waals surface area contributed by atoms with Crippen molar-refractivity contribution in [2.45, 2.75) is 32.1 Å². The van der Waals surface area contributed by atoms with Crippen LogP contribution in [0.2, 0.25) is 0 Å². The molecule has 1 fully saturated rings. The molecular weight excluding hydrogens is 184 g/mol. The van der Waals surface area contributed by atoms with Crippen LogP contribution in [-0.4, -0.2) is 38.1 Å². The van der Waals surface area contributed by atoms with E-state index >= 15 is 0 Å². The number of hydrogen-bond donors (Lipinski definition) is 1. The van der Waals surface area contributed by atoms with Gasteiger partial charge in [0.25, 0.3) is 0 Å². The highest BCUT2D eigenvalue weighted by Crippen LogP contribution is 2.18. The third-order valence-corrected chi connectivity index (χ3v) is 3.24. The molecule has 86 valence electrons. The maximum absolute atomic E-state index is 5.19. The van der Waals surface area contributed by atoms with E-state index in [0.717, 1.165) is 25.3 Å². The topological polar surface area (TPSA) is 15.3 Å². The summed E-state index contributed by atoms with van der Waals surface area (Å²) in [5, 5.41) is 3.47. The van der Waals surface area contributed by atoms with Crippen LogP contribution in [0.5, 0.6) is 0 Å². The van der Waals surface area contributed by atoms with E-state index in [1.54, 1.807) is 0 Å². The molecule has 0 unspecified atom stereocenters. The molecule has 1 N–H and O–H groups in total. The Morgan fingerprint density at radius 1 is 1.33 bits per heavy atom. The summed E-state index contributed by atoms with van der Waals surface area (Å²) in [6.45, 7) is 4.80. The minimum atomic E-state index is 0.904. The summed E-state index contributed by atoms with van der Waals surface area (Å²) < 4.78 is 0. The number of hydrogen-bond acceptors (Lipinski definition) is 2. The van der Waals surface area contributed by atoms with Gasteiger partial charge in [0.1, 0.15) is 0 Å². The van der Waals surface area contributed by atoms with Crippen molar-refractivity contribution >= 4 is 0 Å². The van der Waals surface area contributed by atoms with Crippen LogP contribution in [0.1, 0.15) is 32.1 Å². The van der Waals surface area contributed by atoms with Crippen molar-refractivity contribution in [3.8, 4) is 12.3 Å². The molecule has 1 aliphatic rings. The van der Waals surface area contributed by atoms with E-state index in [4.69, 9.17) is 6.42 Å². The van der Waals surface area contributed by atoms with Gasteiger partial charge >= 0.3 is 0 Å². The molecule has 0 amide bonds. The first-order chi connectivity index (χ1) is 7.33. The Hall–Kier alpha value is -0.520.